The monoisotopic (exact) mass is 1780 g/mol. The largest absolute Gasteiger partial charge is 0.384 e. The number of carbonyl (C=O) groups excluding carboxylic acids is 7. The first-order chi connectivity index (χ1) is 56.9. The Hall–Kier alpha value is -13.1. The predicted octanol–water partition coefficient (Wildman–Crippen LogP) is 14.0. The second-order valence-electron chi connectivity index (χ2n) is 24.3. The zero-order valence-corrected chi connectivity index (χ0v) is 70.1. The molecule has 0 aliphatic carbocycles. The van der Waals surface area contributed by atoms with E-state index >= 15 is 0 Å². The number of nitrogens with zero attached hydrogens (tertiary/aromatic N) is 12. The molecule has 610 valence electrons. The quantitative estimate of drug-likeness (QED) is 0.0136. The third-order valence-electron chi connectivity index (χ3n) is 14.9. The number of halogens is 5. The van der Waals surface area contributed by atoms with Crippen LogP contribution in [0.15, 0.2) is 218 Å². The summed E-state index contributed by atoms with van der Waals surface area (Å²) in [4.78, 5) is 130. The van der Waals surface area contributed by atoms with Gasteiger partial charge in [-0.1, -0.05) is 263 Å². The molecule has 118 heavy (non-hydrogen) atoms. The maximum absolute atomic E-state index is 11.6. The molecule has 0 aliphatic heterocycles. The van der Waals surface area contributed by atoms with Crippen LogP contribution >= 0.6 is 66.7 Å². The predicted molar refractivity (Wildman–Crippen MR) is 473 cm³/mol. The van der Waals surface area contributed by atoms with Crippen molar-refractivity contribution in [3.8, 4) is 68.3 Å². The van der Waals surface area contributed by atoms with Gasteiger partial charge in [0, 0.05) is 143 Å². The highest BCUT2D eigenvalue weighted by Gasteiger charge is 2.15. The van der Waals surface area contributed by atoms with Gasteiger partial charge in [0.05, 0.1) is 10.7 Å². The molecule has 0 bridgehead atoms. The van der Waals surface area contributed by atoms with Crippen LogP contribution in [0, 0.1) is 0 Å². The molecular formula is C82H85Br2Cl3N24O7. The highest BCUT2D eigenvalue weighted by atomic mass is 79.9. The van der Waals surface area contributed by atoms with E-state index in [0.717, 1.165) is 33.4 Å². The van der Waals surface area contributed by atoms with Gasteiger partial charge in [0.15, 0.2) is 34.9 Å². The van der Waals surface area contributed by atoms with Gasteiger partial charge in [-0.05, 0) is 0 Å². The molecule has 0 spiro atoms. The Morgan fingerprint density at radius 1 is 0.288 bits per heavy atom. The molecule has 0 saturated heterocycles. The highest BCUT2D eigenvalue weighted by molar-refractivity contribution is 9.09. The number of nitrogens with one attached hydrogen (secondary N) is 10. The highest BCUT2D eigenvalue weighted by Crippen LogP contribution is 2.26. The molecule has 36 heteroatoms. The zero-order chi connectivity index (χ0) is 85.0. The Kier molecular flexibility index (Phi) is 39.3. The topological polar surface area (TPSA) is 447 Å². The van der Waals surface area contributed by atoms with E-state index in [-0.39, 0.29) is 57.2 Å². The molecule has 12 rings (SSSR count). The Bertz CT molecular complexity index is 4990. The second kappa shape index (κ2) is 50.3. The molecule has 6 aromatic heterocycles. The fourth-order valence-corrected chi connectivity index (χ4v) is 10.4. The number of nitrogen functional groups attached to an aromatic ring is 2. The van der Waals surface area contributed by atoms with Crippen molar-refractivity contribution >= 4 is 160 Å². The van der Waals surface area contributed by atoms with E-state index in [4.69, 9.17) is 46.3 Å². The minimum Gasteiger partial charge on any atom is -0.384 e. The van der Waals surface area contributed by atoms with Crippen LogP contribution in [-0.2, 0) is 33.6 Å². The summed E-state index contributed by atoms with van der Waals surface area (Å²) in [5, 5.41) is 29.5. The minimum atomic E-state index is -0.197. The summed E-state index contributed by atoms with van der Waals surface area (Å²) in [7, 11) is 0. The average Bonchev–Trinajstić information content (AvgIpc) is 0.861. The summed E-state index contributed by atoms with van der Waals surface area (Å²) in [5.41, 5.74) is 16.6. The smallest absolute Gasteiger partial charge is 0.236 e. The lowest BCUT2D eigenvalue weighted by atomic mass is 10.2. The first kappa shape index (κ1) is 92.1. The van der Waals surface area contributed by atoms with Gasteiger partial charge in [0.25, 0.3) is 0 Å². The molecule has 6 heterocycles. The number of anilines is 9. The standard InChI is InChI=1S/C17H21N5O2.C16H18BrN5O2.C14H17N5O.C13H12ClN3O.C12H9BrClN3O.C10H8ClN3/c1-3-16(24)20-15-11-14(19-10-9-18-12(2)23)21-17(22-15)13-7-5-4-6-8-13;1-11(23)18-7-8-19-13-9-14(20-15(24)10-17)22-16(21-13)12-5-3-2-4-6-12;1-10(20)16-7-8-17-13-9-12(15)18-14(19-13)11-5-3-2-4-6-11;1-2-12(18)16-11-8-10(14)15-13(17-11)9-6-4-3-5-7-9;13-7-11(18)16-10-6-9(14)15-12(17-10)8-4-2-1-3-5-8;11-8-6-9(12)14-10(13-8)7-4-2-1-3-5-7/h4-8,11H,3,9-10H2,1-2H3,(H,18,23)(H2,19,20,21,22,24);2-6,9H,7-8,10H2,1H3,(H,18,23)(H2,19,20,21,22,24);2-6,9H,7-8H2,1H3,(H,16,20)(H3,15,17,18,19);3-8H,2H2,1H3,(H,15,16,17,18);1-6H,7H2,(H,15,16,17,18);1-6H,(H2,12,13,14). The van der Waals surface area contributed by atoms with Gasteiger partial charge in [0.2, 0.25) is 41.4 Å². The van der Waals surface area contributed by atoms with Crippen LogP contribution in [0.2, 0.25) is 15.5 Å². The van der Waals surface area contributed by atoms with Crippen molar-refractivity contribution in [1.82, 2.24) is 75.8 Å². The van der Waals surface area contributed by atoms with Crippen LogP contribution in [0.5, 0.6) is 0 Å². The molecule has 0 atom stereocenters. The third-order valence-corrected chi connectivity index (χ3v) is 16.5. The van der Waals surface area contributed by atoms with Crippen LogP contribution in [0.25, 0.3) is 68.3 Å². The Balaban J connectivity index is 0.000000197. The van der Waals surface area contributed by atoms with Crippen molar-refractivity contribution < 1.29 is 33.6 Å². The number of hydrogen-bond donors (Lipinski definition) is 12. The van der Waals surface area contributed by atoms with Crippen molar-refractivity contribution in [2.45, 2.75) is 47.5 Å². The number of amides is 7. The zero-order valence-electron chi connectivity index (χ0n) is 64.6. The third kappa shape index (κ3) is 34.5. The molecule has 14 N–H and O–H groups in total. The molecule has 6 aromatic carbocycles. The lowest BCUT2D eigenvalue weighted by Gasteiger charge is -2.11. The molecule has 0 saturated carbocycles. The number of aromatic nitrogens is 12. The number of rotatable bonds is 26. The molecule has 0 radical (unpaired) electrons. The number of carbonyl (C=O) groups is 7. The molecule has 12 aromatic rings. The van der Waals surface area contributed by atoms with E-state index in [2.05, 4.69) is 145 Å². The van der Waals surface area contributed by atoms with E-state index in [0.29, 0.717) is 150 Å². The van der Waals surface area contributed by atoms with Crippen molar-refractivity contribution in [2.24, 2.45) is 0 Å². The van der Waals surface area contributed by atoms with Crippen molar-refractivity contribution in [2.75, 3.05) is 98.6 Å². The first-order valence-corrected chi connectivity index (χ1v) is 39.7. The molecule has 0 aliphatic rings. The fourth-order valence-electron chi connectivity index (χ4n) is 9.56. The summed E-state index contributed by atoms with van der Waals surface area (Å²) in [6.45, 7) is 11.1. The maximum atomic E-state index is 11.6. The molecule has 0 fully saturated rings. The SMILES string of the molecule is CC(=O)NCCNc1cc(N)nc(-c2ccccc2)n1.CC(=O)NCCNc1cc(NC(=O)CBr)nc(-c2ccccc2)n1.CCC(=O)Nc1cc(Cl)nc(-c2ccccc2)n1.CCC(=O)Nc1cc(NCCNC(C)=O)nc(-c2ccccc2)n1.Nc1cc(Cl)nc(-c2ccccc2)n1.O=C(CBr)Nc1cc(Cl)nc(-c2ccccc2)n1. The number of hydrogen-bond acceptors (Lipinski definition) is 24. The second-order valence-corrected chi connectivity index (χ2v) is 26.5. The number of benzene rings is 6. The summed E-state index contributed by atoms with van der Waals surface area (Å²) in [5.74, 6) is 6.52. The summed E-state index contributed by atoms with van der Waals surface area (Å²) in [6.07, 6.45) is 0.762. The van der Waals surface area contributed by atoms with E-state index in [1.807, 2.05) is 182 Å². The summed E-state index contributed by atoms with van der Waals surface area (Å²) < 4.78 is 0. The van der Waals surface area contributed by atoms with Crippen molar-refractivity contribution in [3.05, 3.63) is 234 Å². The Morgan fingerprint density at radius 3 is 0.771 bits per heavy atom. The van der Waals surface area contributed by atoms with Crippen molar-refractivity contribution in [3.63, 3.8) is 0 Å². The van der Waals surface area contributed by atoms with E-state index in [1.165, 1.54) is 39.0 Å². The van der Waals surface area contributed by atoms with E-state index < -0.39 is 0 Å². The summed E-state index contributed by atoms with van der Waals surface area (Å²) >= 11 is 23.8. The minimum absolute atomic E-state index is 0.0565. The number of alkyl halides is 2. The fraction of sp³-hybridized carbons (Fsp3) is 0.183. The number of nitrogens with two attached hydrogens (primary N) is 2. The maximum Gasteiger partial charge on any atom is 0.236 e. The van der Waals surface area contributed by atoms with Gasteiger partial charge < -0.3 is 64.6 Å². The van der Waals surface area contributed by atoms with Crippen molar-refractivity contribution in [1.29, 1.82) is 0 Å². The van der Waals surface area contributed by atoms with Gasteiger partial charge >= 0.3 is 0 Å². The van der Waals surface area contributed by atoms with Crippen LogP contribution in [-0.4, -0.2) is 151 Å². The summed E-state index contributed by atoms with van der Waals surface area (Å²) in [6, 6.07) is 66.7. The lowest BCUT2D eigenvalue weighted by Crippen LogP contribution is -2.26. The molecule has 7 amide bonds. The normalized spacial score (nSPS) is 10.1. The van der Waals surface area contributed by atoms with Gasteiger partial charge in [-0.2, -0.15) is 0 Å². The molecule has 0 unspecified atom stereocenters. The van der Waals surface area contributed by atoms with Gasteiger partial charge in [0.1, 0.15) is 67.8 Å². The molecule has 31 nitrogen and oxygen atoms in total. The van der Waals surface area contributed by atoms with Gasteiger partial charge in [-0.15, -0.1) is 0 Å². The lowest BCUT2D eigenvalue weighted by molar-refractivity contribution is -0.119. The Morgan fingerprint density at radius 2 is 0.508 bits per heavy atom. The van der Waals surface area contributed by atoms with Crippen LogP contribution < -0.4 is 64.6 Å². The average molecular weight is 1780 g/mol. The molecular weight excluding hydrogens is 1700 g/mol. The van der Waals surface area contributed by atoms with E-state index in [1.54, 1.807) is 32.0 Å². The van der Waals surface area contributed by atoms with Crippen LogP contribution in [0.1, 0.15) is 47.5 Å². The Labute approximate surface area is 713 Å². The van der Waals surface area contributed by atoms with Gasteiger partial charge in [-0.3, -0.25) is 33.6 Å². The van der Waals surface area contributed by atoms with E-state index in [9.17, 15) is 33.6 Å². The van der Waals surface area contributed by atoms with Crippen LogP contribution in [0.3, 0.4) is 0 Å². The first-order valence-electron chi connectivity index (χ1n) is 36.4. The van der Waals surface area contributed by atoms with Gasteiger partial charge in [-0.25, -0.2) is 59.8 Å². The van der Waals surface area contributed by atoms with Crippen LogP contribution in [0.4, 0.5) is 52.4 Å².